The maximum Gasteiger partial charge on any atom is 0.308 e. The quantitative estimate of drug-likeness (QED) is 0.465. The van der Waals surface area contributed by atoms with Crippen molar-refractivity contribution in [3.05, 3.63) is 0 Å². The normalized spacial score (nSPS) is 11.6. The van der Waals surface area contributed by atoms with Gasteiger partial charge in [-0.3, -0.25) is 14.9 Å². The highest BCUT2D eigenvalue weighted by atomic mass is 16.4. The average molecular weight is 226 g/mol. The molecule has 0 aliphatic carbocycles. The van der Waals surface area contributed by atoms with Gasteiger partial charge in [-0.25, -0.2) is 0 Å². The average Bonchev–Trinajstić information content (AvgIpc) is 2.25. The summed E-state index contributed by atoms with van der Waals surface area (Å²) in [4.78, 5) is 23.8. The third-order valence-electron chi connectivity index (χ3n) is 2.15. The lowest BCUT2D eigenvalue weighted by atomic mass is 10.1. The fourth-order valence-electron chi connectivity index (χ4n) is 1.17. The third kappa shape index (κ3) is 5.37. The van der Waals surface area contributed by atoms with Crippen molar-refractivity contribution in [2.24, 2.45) is 5.92 Å². The van der Waals surface area contributed by atoms with Gasteiger partial charge in [0.05, 0.1) is 19.0 Å². The smallest absolute Gasteiger partial charge is 0.308 e. The minimum absolute atomic E-state index is 0.133. The van der Waals surface area contributed by atoms with Crippen LogP contribution in [0.1, 0.15) is 13.8 Å². The van der Waals surface area contributed by atoms with E-state index in [1.807, 2.05) is 6.92 Å². The summed E-state index contributed by atoms with van der Waals surface area (Å²) >= 11 is 0. The van der Waals surface area contributed by atoms with Crippen LogP contribution in [0, 0.1) is 18.3 Å². The van der Waals surface area contributed by atoms with E-state index in [9.17, 15) is 9.59 Å². The predicted octanol–water partition coefficient (Wildman–Crippen LogP) is -0.222. The van der Waals surface area contributed by atoms with Gasteiger partial charge in [0.2, 0.25) is 5.91 Å². The fourth-order valence-corrected chi connectivity index (χ4v) is 1.17. The van der Waals surface area contributed by atoms with Gasteiger partial charge >= 0.3 is 5.97 Å². The van der Waals surface area contributed by atoms with Gasteiger partial charge in [-0.1, -0.05) is 12.8 Å². The van der Waals surface area contributed by atoms with Crippen LogP contribution in [-0.4, -0.2) is 48.1 Å². The number of carboxylic acids is 1. The molecule has 0 heterocycles. The molecule has 16 heavy (non-hydrogen) atoms. The van der Waals surface area contributed by atoms with Crippen molar-refractivity contribution in [2.75, 3.05) is 26.2 Å². The van der Waals surface area contributed by atoms with Crippen LogP contribution in [0.2, 0.25) is 0 Å². The SMILES string of the molecule is C#CCNCC(=O)N(CC)CC(C)C(=O)O. The number of rotatable bonds is 7. The first kappa shape index (κ1) is 14.5. The van der Waals surface area contributed by atoms with Crippen LogP contribution in [0.25, 0.3) is 0 Å². The van der Waals surface area contributed by atoms with E-state index in [1.165, 1.54) is 4.90 Å². The maximum absolute atomic E-state index is 11.6. The molecule has 0 aromatic rings. The number of likely N-dealkylation sites (N-methyl/N-ethyl adjacent to an activating group) is 1. The molecule has 0 radical (unpaired) electrons. The molecule has 5 nitrogen and oxygen atoms in total. The zero-order valence-corrected chi connectivity index (χ0v) is 9.69. The van der Waals surface area contributed by atoms with Crippen LogP contribution in [0.5, 0.6) is 0 Å². The van der Waals surface area contributed by atoms with Gasteiger partial charge in [-0.05, 0) is 6.92 Å². The van der Waals surface area contributed by atoms with Gasteiger partial charge in [0.1, 0.15) is 0 Å². The highest BCUT2D eigenvalue weighted by Crippen LogP contribution is 2.00. The van der Waals surface area contributed by atoms with Crippen LogP contribution in [0.15, 0.2) is 0 Å². The van der Waals surface area contributed by atoms with Crippen molar-refractivity contribution < 1.29 is 14.7 Å². The molecule has 90 valence electrons. The number of hydrogen-bond donors (Lipinski definition) is 2. The molecule has 1 unspecified atom stereocenters. The van der Waals surface area contributed by atoms with Gasteiger partial charge < -0.3 is 10.0 Å². The van der Waals surface area contributed by atoms with Crippen LogP contribution in [0.4, 0.5) is 0 Å². The van der Waals surface area contributed by atoms with Crippen molar-refractivity contribution in [1.82, 2.24) is 10.2 Å². The molecular formula is C11H18N2O3. The van der Waals surface area contributed by atoms with E-state index in [0.717, 1.165) is 0 Å². The minimum atomic E-state index is -0.900. The Kier molecular flexibility index (Phi) is 6.97. The summed E-state index contributed by atoms with van der Waals surface area (Å²) < 4.78 is 0. The molecule has 0 rings (SSSR count). The monoisotopic (exact) mass is 226 g/mol. The van der Waals surface area contributed by atoms with Crippen molar-refractivity contribution in [2.45, 2.75) is 13.8 Å². The Morgan fingerprint density at radius 3 is 2.62 bits per heavy atom. The Morgan fingerprint density at radius 2 is 2.19 bits per heavy atom. The molecule has 5 heteroatoms. The first-order chi connectivity index (χ1) is 7.52. The molecule has 0 saturated carbocycles. The zero-order chi connectivity index (χ0) is 12.6. The second-order valence-corrected chi connectivity index (χ2v) is 3.48. The number of nitrogens with zero attached hydrogens (tertiary/aromatic N) is 1. The standard InChI is InChI=1S/C11H18N2O3/c1-4-6-12-7-10(14)13(5-2)8-9(3)11(15)16/h1,9,12H,5-8H2,2-3H3,(H,15,16). The Labute approximate surface area is 95.8 Å². The molecule has 0 fully saturated rings. The number of hydrogen-bond acceptors (Lipinski definition) is 3. The van der Waals surface area contributed by atoms with Crippen LogP contribution in [0.3, 0.4) is 0 Å². The van der Waals surface area contributed by atoms with E-state index in [4.69, 9.17) is 11.5 Å². The van der Waals surface area contributed by atoms with Crippen LogP contribution in [-0.2, 0) is 9.59 Å². The number of carboxylic acid groups (broad SMARTS) is 1. The summed E-state index contributed by atoms with van der Waals surface area (Å²) in [7, 11) is 0. The molecule has 0 saturated heterocycles. The number of aliphatic carboxylic acids is 1. The minimum Gasteiger partial charge on any atom is -0.481 e. The molecule has 1 amide bonds. The third-order valence-corrected chi connectivity index (χ3v) is 2.15. The maximum atomic E-state index is 11.6. The number of nitrogens with one attached hydrogen (secondary N) is 1. The van der Waals surface area contributed by atoms with Gasteiger partial charge in [0, 0.05) is 13.1 Å². The molecule has 0 spiro atoms. The summed E-state index contributed by atoms with van der Waals surface area (Å²) in [5.74, 6) is 0.771. The summed E-state index contributed by atoms with van der Waals surface area (Å²) in [6.07, 6.45) is 5.03. The topological polar surface area (TPSA) is 69.6 Å². The second-order valence-electron chi connectivity index (χ2n) is 3.48. The predicted molar refractivity (Wildman–Crippen MR) is 60.8 cm³/mol. The zero-order valence-electron chi connectivity index (χ0n) is 9.69. The lowest BCUT2D eigenvalue weighted by Gasteiger charge is -2.22. The largest absolute Gasteiger partial charge is 0.481 e. The molecule has 0 aliphatic heterocycles. The molecule has 0 aromatic carbocycles. The molecule has 0 aliphatic rings. The summed E-state index contributed by atoms with van der Waals surface area (Å²) in [6.45, 7) is 4.58. The van der Waals surface area contributed by atoms with E-state index >= 15 is 0 Å². The van der Waals surface area contributed by atoms with Crippen molar-refractivity contribution >= 4 is 11.9 Å². The number of carbonyl (C=O) groups excluding carboxylic acids is 1. The van der Waals surface area contributed by atoms with Crippen molar-refractivity contribution in [3.63, 3.8) is 0 Å². The Hall–Kier alpha value is -1.54. The van der Waals surface area contributed by atoms with Crippen molar-refractivity contribution in [1.29, 1.82) is 0 Å². The van der Waals surface area contributed by atoms with Crippen molar-refractivity contribution in [3.8, 4) is 12.3 Å². The van der Waals surface area contributed by atoms with E-state index in [2.05, 4.69) is 11.2 Å². The van der Waals surface area contributed by atoms with E-state index in [1.54, 1.807) is 6.92 Å². The highest BCUT2D eigenvalue weighted by Gasteiger charge is 2.18. The first-order valence-corrected chi connectivity index (χ1v) is 5.17. The summed E-state index contributed by atoms with van der Waals surface area (Å²) in [5.41, 5.74) is 0. The lowest BCUT2D eigenvalue weighted by Crippen LogP contribution is -2.41. The Morgan fingerprint density at radius 1 is 1.56 bits per heavy atom. The van der Waals surface area contributed by atoms with Gasteiger partial charge in [0.25, 0.3) is 0 Å². The van der Waals surface area contributed by atoms with E-state index in [0.29, 0.717) is 13.1 Å². The fraction of sp³-hybridized carbons (Fsp3) is 0.636. The van der Waals surface area contributed by atoms with Gasteiger partial charge in [-0.2, -0.15) is 0 Å². The Balaban J connectivity index is 4.12. The molecular weight excluding hydrogens is 208 g/mol. The van der Waals surface area contributed by atoms with E-state index in [-0.39, 0.29) is 19.0 Å². The highest BCUT2D eigenvalue weighted by molar-refractivity contribution is 5.79. The number of amides is 1. The Bertz CT molecular complexity index is 283. The summed E-state index contributed by atoms with van der Waals surface area (Å²) in [6, 6.07) is 0. The molecule has 2 N–H and O–H groups in total. The second kappa shape index (κ2) is 7.71. The van der Waals surface area contributed by atoms with E-state index < -0.39 is 11.9 Å². The van der Waals surface area contributed by atoms with Gasteiger partial charge in [-0.15, -0.1) is 6.42 Å². The number of carbonyl (C=O) groups is 2. The molecule has 0 bridgehead atoms. The summed E-state index contributed by atoms with van der Waals surface area (Å²) in [5, 5.41) is 11.5. The van der Waals surface area contributed by atoms with Gasteiger partial charge in [0.15, 0.2) is 0 Å². The first-order valence-electron chi connectivity index (χ1n) is 5.17. The molecule has 1 atom stereocenters. The number of terminal acetylenes is 1. The van der Waals surface area contributed by atoms with Crippen LogP contribution >= 0.6 is 0 Å². The molecule has 0 aromatic heterocycles. The lowest BCUT2D eigenvalue weighted by molar-refractivity contribution is -0.142. The van der Waals surface area contributed by atoms with Crippen LogP contribution < -0.4 is 5.32 Å².